The number of nitrogens with zero attached hydrogens (tertiary/aromatic N) is 2. The number of hydroxylamine groups is 1. The van der Waals surface area contributed by atoms with Crippen LogP contribution in [0, 0.1) is 5.92 Å². The Kier molecular flexibility index (Phi) is 5.73. The first kappa shape index (κ1) is 15.9. The van der Waals surface area contributed by atoms with Crippen LogP contribution < -0.4 is 5.48 Å². The van der Waals surface area contributed by atoms with Crippen LogP contribution in [-0.4, -0.2) is 53.6 Å². The topological polar surface area (TPSA) is 55.8 Å². The lowest BCUT2D eigenvalue weighted by molar-refractivity contribution is -0.136. The standard InChI is InChI=1S/C16H25N3O2/c1-13(2)12-18-8-10-19(11-9-18)15(16(20)17-21)14-6-4-3-5-7-14/h3-7,13,15,21H,8-12H2,1-2H3,(H,17,20). The number of nitrogens with one attached hydrogen (secondary N) is 1. The third-order valence-electron chi connectivity index (χ3n) is 3.87. The van der Waals surface area contributed by atoms with Crippen LogP contribution in [0.5, 0.6) is 0 Å². The number of carbonyl (C=O) groups is 1. The van der Waals surface area contributed by atoms with Crippen molar-refractivity contribution in [1.29, 1.82) is 0 Å². The van der Waals surface area contributed by atoms with Crippen molar-refractivity contribution < 1.29 is 10.0 Å². The first-order valence-corrected chi connectivity index (χ1v) is 7.57. The van der Waals surface area contributed by atoms with Gasteiger partial charge in [0.1, 0.15) is 6.04 Å². The fourth-order valence-electron chi connectivity index (χ4n) is 2.95. The fraction of sp³-hybridized carbons (Fsp3) is 0.562. The van der Waals surface area contributed by atoms with Gasteiger partial charge >= 0.3 is 0 Å². The Morgan fingerprint density at radius 2 is 1.81 bits per heavy atom. The first-order valence-electron chi connectivity index (χ1n) is 7.57. The van der Waals surface area contributed by atoms with E-state index >= 15 is 0 Å². The van der Waals surface area contributed by atoms with Crippen molar-refractivity contribution in [3.8, 4) is 0 Å². The number of hydrogen-bond donors (Lipinski definition) is 2. The van der Waals surface area contributed by atoms with Gasteiger partial charge in [-0.1, -0.05) is 44.2 Å². The molecule has 5 heteroatoms. The zero-order valence-corrected chi connectivity index (χ0v) is 12.8. The number of amides is 1. The summed E-state index contributed by atoms with van der Waals surface area (Å²) in [6.45, 7) is 9.12. The number of rotatable bonds is 5. The first-order chi connectivity index (χ1) is 10.1. The van der Waals surface area contributed by atoms with Crippen molar-refractivity contribution in [2.75, 3.05) is 32.7 Å². The maximum Gasteiger partial charge on any atom is 0.265 e. The van der Waals surface area contributed by atoms with Crippen molar-refractivity contribution in [2.24, 2.45) is 5.92 Å². The van der Waals surface area contributed by atoms with E-state index in [1.807, 2.05) is 35.8 Å². The number of piperazine rings is 1. The lowest BCUT2D eigenvalue weighted by Crippen LogP contribution is -2.51. The molecule has 1 atom stereocenters. The van der Waals surface area contributed by atoms with Gasteiger partial charge in [0.05, 0.1) is 0 Å². The Hall–Kier alpha value is -1.43. The average molecular weight is 291 g/mol. The monoisotopic (exact) mass is 291 g/mol. The number of benzene rings is 1. The highest BCUT2D eigenvalue weighted by atomic mass is 16.5. The van der Waals surface area contributed by atoms with Crippen LogP contribution in [0.4, 0.5) is 0 Å². The maximum absolute atomic E-state index is 12.1. The molecule has 0 saturated carbocycles. The predicted molar refractivity (Wildman–Crippen MR) is 82.0 cm³/mol. The summed E-state index contributed by atoms with van der Waals surface area (Å²) >= 11 is 0. The normalized spacial score (nSPS) is 18.7. The Balaban J connectivity index is 2.05. The molecular weight excluding hydrogens is 266 g/mol. The molecule has 1 aliphatic heterocycles. The predicted octanol–water partition coefficient (Wildman–Crippen LogP) is 1.51. The van der Waals surface area contributed by atoms with E-state index in [-0.39, 0.29) is 5.91 Å². The van der Waals surface area contributed by atoms with Gasteiger partial charge in [0.25, 0.3) is 5.91 Å². The van der Waals surface area contributed by atoms with Crippen LogP contribution in [0.3, 0.4) is 0 Å². The quantitative estimate of drug-likeness (QED) is 0.638. The smallest absolute Gasteiger partial charge is 0.265 e. The van der Waals surface area contributed by atoms with Gasteiger partial charge in [-0.3, -0.25) is 14.9 Å². The molecule has 0 radical (unpaired) electrons. The molecule has 5 nitrogen and oxygen atoms in total. The average Bonchev–Trinajstić information content (AvgIpc) is 2.49. The second-order valence-electron chi connectivity index (χ2n) is 6.02. The molecule has 1 amide bonds. The molecule has 1 saturated heterocycles. The van der Waals surface area contributed by atoms with E-state index in [4.69, 9.17) is 5.21 Å². The number of carbonyl (C=O) groups excluding carboxylic acids is 1. The Morgan fingerprint density at radius 3 is 2.33 bits per heavy atom. The molecule has 0 aromatic heterocycles. The maximum atomic E-state index is 12.1. The van der Waals surface area contributed by atoms with E-state index in [9.17, 15) is 4.79 Å². The minimum atomic E-state index is -0.419. The molecule has 21 heavy (non-hydrogen) atoms. The largest absolute Gasteiger partial charge is 0.301 e. The Morgan fingerprint density at radius 1 is 1.19 bits per heavy atom. The molecule has 1 aliphatic rings. The summed E-state index contributed by atoms with van der Waals surface area (Å²) < 4.78 is 0. The van der Waals surface area contributed by atoms with Gasteiger partial charge in [0.15, 0.2) is 0 Å². The summed E-state index contributed by atoms with van der Waals surface area (Å²) in [6, 6.07) is 9.21. The summed E-state index contributed by atoms with van der Waals surface area (Å²) in [5.74, 6) is 0.292. The Bertz CT molecular complexity index is 442. The highest BCUT2D eigenvalue weighted by Crippen LogP contribution is 2.22. The summed E-state index contributed by atoms with van der Waals surface area (Å²) in [5.41, 5.74) is 2.73. The third kappa shape index (κ3) is 4.27. The van der Waals surface area contributed by atoms with Crippen molar-refractivity contribution in [1.82, 2.24) is 15.3 Å². The molecule has 0 spiro atoms. The molecule has 1 fully saturated rings. The van der Waals surface area contributed by atoms with E-state index < -0.39 is 6.04 Å². The van der Waals surface area contributed by atoms with Crippen molar-refractivity contribution in [2.45, 2.75) is 19.9 Å². The second kappa shape index (κ2) is 7.54. The van der Waals surface area contributed by atoms with Crippen LogP contribution in [0.1, 0.15) is 25.5 Å². The minimum absolute atomic E-state index is 0.362. The van der Waals surface area contributed by atoms with Gasteiger partial charge in [-0.15, -0.1) is 0 Å². The van der Waals surface area contributed by atoms with E-state index in [0.29, 0.717) is 5.92 Å². The molecule has 2 N–H and O–H groups in total. The van der Waals surface area contributed by atoms with Crippen LogP contribution in [0.2, 0.25) is 0 Å². The molecule has 0 aliphatic carbocycles. The van der Waals surface area contributed by atoms with Gasteiger partial charge in [0, 0.05) is 32.7 Å². The van der Waals surface area contributed by atoms with Crippen molar-refractivity contribution in [3.05, 3.63) is 35.9 Å². The summed E-state index contributed by atoms with van der Waals surface area (Å²) in [7, 11) is 0. The van der Waals surface area contributed by atoms with Crippen molar-refractivity contribution >= 4 is 5.91 Å². The molecule has 2 rings (SSSR count). The van der Waals surface area contributed by atoms with Crippen LogP contribution in [-0.2, 0) is 4.79 Å². The summed E-state index contributed by atoms with van der Waals surface area (Å²) in [5, 5.41) is 9.03. The zero-order chi connectivity index (χ0) is 15.2. The van der Waals surface area contributed by atoms with Crippen LogP contribution >= 0.6 is 0 Å². The molecular formula is C16H25N3O2. The molecule has 0 bridgehead atoms. The van der Waals surface area contributed by atoms with Gasteiger partial charge < -0.3 is 4.90 Å². The highest BCUT2D eigenvalue weighted by Gasteiger charge is 2.30. The third-order valence-corrected chi connectivity index (χ3v) is 3.87. The second-order valence-corrected chi connectivity index (χ2v) is 6.02. The van der Waals surface area contributed by atoms with Crippen molar-refractivity contribution in [3.63, 3.8) is 0 Å². The van der Waals surface area contributed by atoms with Crippen LogP contribution in [0.15, 0.2) is 30.3 Å². The fourth-order valence-corrected chi connectivity index (χ4v) is 2.95. The van der Waals surface area contributed by atoms with Gasteiger partial charge in [-0.2, -0.15) is 0 Å². The van der Waals surface area contributed by atoms with Gasteiger partial charge in [0.2, 0.25) is 0 Å². The highest BCUT2D eigenvalue weighted by molar-refractivity contribution is 5.82. The SMILES string of the molecule is CC(C)CN1CCN(C(C(=O)NO)c2ccccc2)CC1. The van der Waals surface area contributed by atoms with E-state index in [1.165, 1.54) is 0 Å². The van der Waals surface area contributed by atoms with E-state index in [2.05, 4.69) is 23.6 Å². The Labute approximate surface area is 126 Å². The molecule has 1 aromatic carbocycles. The van der Waals surface area contributed by atoms with E-state index in [1.54, 1.807) is 0 Å². The van der Waals surface area contributed by atoms with Gasteiger partial charge in [-0.25, -0.2) is 5.48 Å². The summed E-state index contributed by atoms with van der Waals surface area (Å²) in [4.78, 5) is 16.6. The van der Waals surface area contributed by atoms with Gasteiger partial charge in [-0.05, 0) is 11.5 Å². The van der Waals surface area contributed by atoms with Crippen LogP contribution in [0.25, 0.3) is 0 Å². The minimum Gasteiger partial charge on any atom is -0.301 e. The summed E-state index contributed by atoms with van der Waals surface area (Å²) in [6.07, 6.45) is 0. The number of hydrogen-bond acceptors (Lipinski definition) is 4. The molecule has 1 unspecified atom stereocenters. The van der Waals surface area contributed by atoms with E-state index in [0.717, 1.165) is 38.3 Å². The molecule has 1 aromatic rings. The zero-order valence-electron chi connectivity index (χ0n) is 12.8. The lowest BCUT2D eigenvalue weighted by atomic mass is 10.0. The molecule has 1 heterocycles. The lowest BCUT2D eigenvalue weighted by Gasteiger charge is -2.39. The molecule has 116 valence electrons.